The molecule has 1 atom stereocenters. The lowest BCUT2D eigenvalue weighted by Gasteiger charge is -2.34. The first-order valence-corrected chi connectivity index (χ1v) is 10.9. The third kappa shape index (κ3) is 4.22. The molecule has 6 nitrogen and oxygen atoms in total. The Balaban J connectivity index is 1.43. The topological polar surface area (TPSA) is 66.7 Å². The van der Waals surface area contributed by atoms with E-state index in [2.05, 4.69) is 10.3 Å². The second kappa shape index (κ2) is 8.50. The molecule has 2 aromatic carbocycles. The Labute approximate surface area is 190 Å². The van der Waals surface area contributed by atoms with Gasteiger partial charge in [0.2, 0.25) is 5.91 Å². The molecule has 1 fully saturated rings. The molecule has 166 valence electrons. The number of aromatic nitrogens is 2. The number of fused-ring (bicyclic) bond motifs is 1. The van der Waals surface area contributed by atoms with Crippen molar-refractivity contribution in [3.05, 3.63) is 95.7 Å². The highest BCUT2D eigenvalue weighted by Gasteiger charge is 2.34. The zero-order valence-corrected chi connectivity index (χ0v) is 18.2. The monoisotopic (exact) mass is 442 g/mol. The number of rotatable bonds is 4. The predicted octanol–water partition coefficient (Wildman–Crippen LogP) is 3.63. The molecule has 0 aliphatic carbocycles. The van der Waals surface area contributed by atoms with Crippen LogP contribution >= 0.6 is 0 Å². The normalized spacial score (nSPS) is 16.1. The standard InChI is InChI=1S/C26H23FN4O2/c1-17-8-10-30-16-22(29-24(30)12-17)26(33)31-11-9-28-25(32)23(31)14-18-4-2-5-19(13-18)20-6-3-7-21(27)15-20/h2-8,10,12-13,15-16,23H,9,11,14H2,1H3,(H,28,32)/t23-/m0/s1. The third-order valence-electron chi connectivity index (χ3n) is 5.94. The first-order chi connectivity index (χ1) is 16.0. The van der Waals surface area contributed by atoms with Gasteiger partial charge in [-0.1, -0.05) is 36.4 Å². The quantitative estimate of drug-likeness (QED) is 0.525. The first kappa shape index (κ1) is 20.9. The summed E-state index contributed by atoms with van der Waals surface area (Å²) < 4.78 is 15.5. The van der Waals surface area contributed by atoms with Crippen LogP contribution in [0.3, 0.4) is 0 Å². The van der Waals surface area contributed by atoms with E-state index in [-0.39, 0.29) is 17.6 Å². The maximum atomic E-state index is 13.7. The minimum atomic E-state index is -0.652. The van der Waals surface area contributed by atoms with Crippen LogP contribution in [0, 0.1) is 12.7 Å². The summed E-state index contributed by atoms with van der Waals surface area (Å²) in [6, 6.07) is 17.2. The van der Waals surface area contributed by atoms with E-state index >= 15 is 0 Å². The fourth-order valence-electron chi connectivity index (χ4n) is 4.26. The van der Waals surface area contributed by atoms with E-state index in [1.54, 1.807) is 17.2 Å². The zero-order chi connectivity index (χ0) is 22.9. The van der Waals surface area contributed by atoms with Crippen molar-refractivity contribution in [3.8, 4) is 11.1 Å². The molecule has 4 aromatic rings. The summed E-state index contributed by atoms with van der Waals surface area (Å²) in [5, 5.41) is 2.87. The van der Waals surface area contributed by atoms with Gasteiger partial charge in [-0.3, -0.25) is 9.59 Å². The lowest BCUT2D eigenvalue weighted by atomic mass is 9.97. The number of hydrogen-bond donors (Lipinski definition) is 1. The maximum Gasteiger partial charge on any atom is 0.274 e. The summed E-state index contributed by atoms with van der Waals surface area (Å²) >= 11 is 0. The maximum absolute atomic E-state index is 13.7. The molecule has 1 N–H and O–H groups in total. The van der Waals surface area contributed by atoms with Crippen LogP contribution in [0.15, 0.2) is 73.1 Å². The Hall–Kier alpha value is -4.00. The highest BCUT2D eigenvalue weighted by Crippen LogP contribution is 2.23. The number of pyridine rings is 1. The van der Waals surface area contributed by atoms with E-state index in [9.17, 15) is 14.0 Å². The van der Waals surface area contributed by atoms with Crippen LogP contribution < -0.4 is 5.32 Å². The average molecular weight is 442 g/mol. The van der Waals surface area contributed by atoms with Gasteiger partial charge < -0.3 is 14.6 Å². The molecule has 0 radical (unpaired) electrons. The molecule has 33 heavy (non-hydrogen) atoms. The molecule has 0 spiro atoms. The molecule has 0 bridgehead atoms. The van der Waals surface area contributed by atoms with Gasteiger partial charge in [0.05, 0.1) is 0 Å². The van der Waals surface area contributed by atoms with E-state index in [0.717, 1.165) is 22.3 Å². The van der Waals surface area contributed by atoms with Crippen LogP contribution in [0.4, 0.5) is 4.39 Å². The number of halogens is 1. The van der Waals surface area contributed by atoms with E-state index in [0.29, 0.717) is 30.9 Å². The van der Waals surface area contributed by atoms with Crippen molar-refractivity contribution in [2.45, 2.75) is 19.4 Å². The van der Waals surface area contributed by atoms with Gasteiger partial charge in [-0.2, -0.15) is 0 Å². The highest BCUT2D eigenvalue weighted by atomic mass is 19.1. The Morgan fingerprint density at radius 2 is 1.91 bits per heavy atom. The summed E-state index contributed by atoms with van der Waals surface area (Å²) in [6.45, 7) is 2.78. The lowest BCUT2D eigenvalue weighted by molar-refractivity contribution is -0.127. The number of amides is 2. The number of carbonyl (C=O) groups is 2. The minimum absolute atomic E-state index is 0.189. The van der Waals surface area contributed by atoms with E-state index < -0.39 is 6.04 Å². The van der Waals surface area contributed by atoms with Crippen molar-refractivity contribution >= 4 is 17.5 Å². The van der Waals surface area contributed by atoms with Crippen molar-refractivity contribution < 1.29 is 14.0 Å². The lowest BCUT2D eigenvalue weighted by Crippen LogP contribution is -2.58. The number of nitrogens with zero attached hydrogens (tertiary/aromatic N) is 3. The number of aryl methyl sites for hydroxylation is 1. The average Bonchev–Trinajstić information content (AvgIpc) is 3.23. The molecule has 3 heterocycles. The van der Waals surface area contributed by atoms with Gasteiger partial charge in [0.1, 0.15) is 23.2 Å². The first-order valence-electron chi connectivity index (χ1n) is 10.9. The smallest absolute Gasteiger partial charge is 0.274 e. The summed E-state index contributed by atoms with van der Waals surface area (Å²) in [7, 11) is 0. The highest BCUT2D eigenvalue weighted by molar-refractivity contribution is 5.97. The van der Waals surface area contributed by atoms with Crippen LogP contribution in [0.2, 0.25) is 0 Å². The van der Waals surface area contributed by atoms with Gasteiger partial charge in [-0.15, -0.1) is 0 Å². The Kier molecular flexibility index (Phi) is 5.38. The summed E-state index contributed by atoms with van der Waals surface area (Å²) in [6.07, 6.45) is 3.92. The second-order valence-corrected chi connectivity index (χ2v) is 8.32. The molecule has 1 aliphatic heterocycles. The molecule has 2 aromatic heterocycles. The number of carbonyl (C=O) groups excluding carboxylic acids is 2. The molecule has 5 rings (SSSR count). The van der Waals surface area contributed by atoms with Crippen molar-refractivity contribution in [1.29, 1.82) is 0 Å². The van der Waals surface area contributed by atoms with Crippen LogP contribution in [0.1, 0.15) is 21.6 Å². The van der Waals surface area contributed by atoms with Crippen LogP contribution in [0.25, 0.3) is 16.8 Å². The van der Waals surface area contributed by atoms with E-state index in [4.69, 9.17) is 0 Å². The van der Waals surface area contributed by atoms with E-state index in [1.807, 2.05) is 60.0 Å². The zero-order valence-electron chi connectivity index (χ0n) is 18.2. The number of nitrogens with one attached hydrogen (secondary N) is 1. The van der Waals surface area contributed by atoms with Gasteiger partial charge in [0.25, 0.3) is 5.91 Å². The number of hydrogen-bond acceptors (Lipinski definition) is 3. The summed E-state index contributed by atoms with van der Waals surface area (Å²) in [4.78, 5) is 32.2. The molecule has 0 unspecified atom stereocenters. The van der Waals surface area contributed by atoms with E-state index in [1.165, 1.54) is 12.1 Å². The Bertz CT molecular complexity index is 1360. The molecular formula is C26H23FN4O2. The van der Waals surface area contributed by atoms with Gasteiger partial charge in [0, 0.05) is 31.9 Å². The minimum Gasteiger partial charge on any atom is -0.353 e. The fourth-order valence-corrected chi connectivity index (χ4v) is 4.26. The van der Waals surface area contributed by atoms with Gasteiger partial charge in [-0.25, -0.2) is 9.37 Å². The number of benzene rings is 2. The van der Waals surface area contributed by atoms with Crippen molar-refractivity contribution in [1.82, 2.24) is 19.6 Å². The van der Waals surface area contributed by atoms with Crippen LogP contribution in [-0.4, -0.2) is 45.2 Å². The van der Waals surface area contributed by atoms with Crippen LogP contribution in [-0.2, 0) is 11.2 Å². The van der Waals surface area contributed by atoms with Crippen molar-refractivity contribution in [2.75, 3.05) is 13.1 Å². The number of piperazine rings is 1. The van der Waals surface area contributed by atoms with Crippen molar-refractivity contribution in [3.63, 3.8) is 0 Å². The predicted molar refractivity (Wildman–Crippen MR) is 123 cm³/mol. The van der Waals surface area contributed by atoms with Gasteiger partial charge in [-0.05, 0) is 53.4 Å². The summed E-state index contributed by atoms with van der Waals surface area (Å²) in [5.74, 6) is -0.758. The molecule has 7 heteroatoms. The van der Waals surface area contributed by atoms with Crippen molar-refractivity contribution in [2.24, 2.45) is 0 Å². The molecular weight excluding hydrogens is 419 g/mol. The molecule has 1 aliphatic rings. The molecule has 1 saturated heterocycles. The Morgan fingerprint density at radius 1 is 1.12 bits per heavy atom. The van der Waals surface area contributed by atoms with Gasteiger partial charge in [0.15, 0.2) is 0 Å². The van der Waals surface area contributed by atoms with Gasteiger partial charge >= 0.3 is 0 Å². The Morgan fingerprint density at radius 3 is 2.73 bits per heavy atom. The molecule has 2 amide bonds. The number of imidazole rings is 1. The largest absolute Gasteiger partial charge is 0.353 e. The second-order valence-electron chi connectivity index (χ2n) is 8.32. The molecule has 0 saturated carbocycles. The van der Waals surface area contributed by atoms with Crippen LogP contribution in [0.5, 0.6) is 0 Å². The summed E-state index contributed by atoms with van der Waals surface area (Å²) in [5.41, 5.74) is 4.57. The fraction of sp³-hybridized carbons (Fsp3) is 0.192. The third-order valence-corrected chi connectivity index (χ3v) is 5.94. The SMILES string of the molecule is Cc1ccn2cc(C(=O)N3CCNC(=O)[C@@H]3Cc3cccc(-c4cccc(F)c4)c3)nc2c1.